The lowest BCUT2D eigenvalue weighted by Crippen LogP contribution is -2.48. The molecule has 1 aliphatic rings. The lowest BCUT2D eigenvalue weighted by molar-refractivity contribution is -0.123. The number of ketones is 1. The van der Waals surface area contributed by atoms with E-state index in [1.165, 1.54) is 12.6 Å². The fraction of sp³-hybridized carbons (Fsp3) is 0.364. The van der Waals surface area contributed by atoms with Gasteiger partial charge in [-0.15, -0.1) is 0 Å². The molecule has 0 saturated carbocycles. The molecule has 28 heavy (non-hydrogen) atoms. The molecule has 1 aliphatic heterocycles. The van der Waals surface area contributed by atoms with Crippen molar-refractivity contribution in [2.75, 3.05) is 50.8 Å². The number of carbonyl (C=O) groups is 2. The molecule has 3 rings (SSSR count). The second-order valence-corrected chi connectivity index (χ2v) is 6.89. The Kier molecular flexibility index (Phi) is 7.03. The van der Waals surface area contributed by atoms with Gasteiger partial charge in [0.25, 0.3) is 5.91 Å². The summed E-state index contributed by atoms with van der Waals surface area (Å²) in [5.41, 5.74) is 1.84. The summed E-state index contributed by atoms with van der Waals surface area (Å²) in [6.07, 6.45) is 0. The number of nitrogens with one attached hydrogen (secondary N) is 1. The zero-order valence-corrected chi connectivity index (χ0v) is 16.3. The largest absolute Gasteiger partial charge is 0.484 e. The SMILES string of the molecule is CC(=O)c1cccc(OCC(=O)NCCN2CCN(c3ccccc3)CC2)c1. The number of para-hydroxylation sites is 1. The van der Waals surface area contributed by atoms with E-state index in [1.54, 1.807) is 24.3 Å². The van der Waals surface area contributed by atoms with Crippen LogP contribution in [0.4, 0.5) is 5.69 Å². The molecule has 1 N–H and O–H groups in total. The fourth-order valence-corrected chi connectivity index (χ4v) is 3.23. The monoisotopic (exact) mass is 381 g/mol. The first-order valence-corrected chi connectivity index (χ1v) is 9.64. The van der Waals surface area contributed by atoms with Gasteiger partial charge in [-0.2, -0.15) is 0 Å². The fourth-order valence-electron chi connectivity index (χ4n) is 3.23. The third kappa shape index (κ3) is 5.82. The Morgan fingerprint density at radius 1 is 1.00 bits per heavy atom. The normalized spacial score (nSPS) is 14.5. The lowest BCUT2D eigenvalue weighted by Gasteiger charge is -2.36. The molecule has 2 aromatic rings. The average Bonchev–Trinajstić information content (AvgIpc) is 2.73. The Morgan fingerprint density at radius 2 is 1.75 bits per heavy atom. The molecule has 0 aliphatic carbocycles. The van der Waals surface area contributed by atoms with Crippen molar-refractivity contribution in [2.24, 2.45) is 0 Å². The van der Waals surface area contributed by atoms with Crippen LogP contribution in [0.5, 0.6) is 5.75 Å². The van der Waals surface area contributed by atoms with Crippen LogP contribution in [0.3, 0.4) is 0 Å². The molecule has 1 heterocycles. The summed E-state index contributed by atoms with van der Waals surface area (Å²) in [5, 5.41) is 2.89. The summed E-state index contributed by atoms with van der Waals surface area (Å²) in [4.78, 5) is 28.1. The third-order valence-corrected chi connectivity index (χ3v) is 4.85. The number of carbonyl (C=O) groups excluding carboxylic acids is 2. The highest BCUT2D eigenvalue weighted by Crippen LogP contribution is 2.15. The second kappa shape index (κ2) is 9.90. The Labute approximate surface area is 166 Å². The minimum Gasteiger partial charge on any atom is -0.484 e. The van der Waals surface area contributed by atoms with Gasteiger partial charge in [0.2, 0.25) is 0 Å². The van der Waals surface area contributed by atoms with Crippen molar-refractivity contribution in [1.29, 1.82) is 0 Å². The smallest absolute Gasteiger partial charge is 0.257 e. The van der Waals surface area contributed by atoms with Crippen molar-refractivity contribution in [3.63, 3.8) is 0 Å². The quantitative estimate of drug-likeness (QED) is 0.711. The zero-order valence-electron chi connectivity index (χ0n) is 16.3. The zero-order chi connectivity index (χ0) is 19.8. The number of anilines is 1. The summed E-state index contributed by atoms with van der Waals surface area (Å²) in [5.74, 6) is 0.346. The van der Waals surface area contributed by atoms with Gasteiger partial charge in [-0.3, -0.25) is 14.5 Å². The number of rotatable bonds is 8. The molecule has 148 valence electrons. The molecule has 0 spiro atoms. The van der Waals surface area contributed by atoms with Crippen molar-refractivity contribution in [3.8, 4) is 5.75 Å². The van der Waals surface area contributed by atoms with Crippen molar-refractivity contribution in [1.82, 2.24) is 10.2 Å². The number of nitrogens with zero attached hydrogens (tertiary/aromatic N) is 2. The van der Waals surface area contributed by atoms with Gasteiger partial charge in [0, 0.05) is 50.5 Å². The van der Waals surface area contributed by atoms with Crippen LogP contribution in [-0.4, -0.2) is 62.5 Å². The number of Topliss-reactive ketones (excluding diaryl/α,β-unsaturated/α-hetero) is 1. The van der Waals surface area contributed by atoms with Crippen LogP contribution in [0.25, 0.3) is 0 Å². The molecule has 2 aromatic carbocycles. The maximum absolute atomic E-state index is 12.0. The lowest BCUT2D eigenvalue weighted by atomic mass is 10.1. The van der Waals surface area contributed by atoms with E-state index in [-0.39, 0.29) is 18.3 Å². The van der Waals surface area contributed by atoms with Gasteiger partial charge in [0.05, 0.1) is 0 Å². The van der Waals surface area contributed by atoms with E-state index in [9.17, 15) is 9.59 Å². The summed E-state index contributed by atoms with van der Waals surface area (Å²) in [6, 6.07) is 17.3. The minimum absolute atomic E-state index is 0.0257. The Balaban J connectivity index is 1.33. The maximum atomic E-state index is 12.0. The van der Waals surface area contributed by atoms with E-state index in [4.69, 9.17) is 4.74 Å². The molecule has 6 heteroatoms. The minimum atomic E-state index is -0.156. The van der Waals surface area contributed by atoms with Gasteiger partial charge in [-0.1, -0.05) is 30.3 Å². The molecule has 0 unspecified atom stereocenters. The number of benzene rings is 2. The summed E-state index contributed by atoms with van der Waals surface area (Å²) >= 11 is 0. The van der Waals surface area contributed by atoms with E-state index in [0.717, 1.165) is 32.7 Å². The van der Waals surface area contributed by atoms with Crippen molar-refractivity contribution in [3.05, 3.63) is 60.2 Å². The molecule has 0 bridgehead atoms. The first-order valence-electron chi connectivity index (χ1n) is 9.64. The summed E-state index contributed by atoms with van der Waals surface area (Å²) in [7, 11) is 0. The van der Waals surface area contributed by atoms with Crippen LogP contribution in [0.1, 0.15) is 17.3 Å². The van der Waals surface area contributed by atoms with E-state index in [2.05, 4.69) is 39.4 Å². The van der Waals surface area contributed by atoms with E-state index in [1.807, 2.05) is 6.07 Å². The Bertz CT molecular complexity index is 787. The van der Waals surface area contributed by atoms with Gasteiger partial charge in [-0.05, 0) is 31.2 Å². The molecule has 0 radical (unpaired) electrons. The molecule has 1 amide bonds. The average molecular weight is 381 g/mol. The number of hydrogen-bond donors (Lipinski definition) is 1. The van der Waals surface area contributed by atoms with Crippen LogP contribution in [0, 0.1) is 0 Å². The van der Waals surface area contributed by atoms with Gasteiger partial charge in [-0.25, -0.2) is 0 Å². The van der Waals surface area contributed by atoms with Crippen molar-refractivity contribution < 1.29 is 14.3 Å². The van der Waals surface area contributed by atoms with E-state index in [0.29, 0.717) is 17.9 Å². The van der Waals surface area contributed by atoms with Crippen LogP contribution < -0.4 is 15.0 Å². The van der Waals surface area contributed by atoms with Gasteiger partial charge < -0.3 is 15.0 Å². The Morgan fingerprint density at radius 3 is 2.46 bits per heavy atom. The molecule has 1 fully saturated rings. The summed E-state index contributed by atoms with van der Waals surface area (Å²) < 4.78 is 5.48. The molecule has 1 saturated heterocycles. The Hall–Kier alpha value is -2.86. The van der Waals surface area contributed by atoms with Crippen molar-refractivity contribution >= 4 is 17.4 Å². The number of ether oxygens (including phenoxy) is 1. The van der Waals surface area contributed by atoms with Crippen molar-refractivity contribution in [2.45, 2.75) is 6.92 Å². The highest BCUT2D eigenvalue weighted by molar-refractivity contribution is 5.94. The van der Waals surface area contributed by atoms with Crippen LogP contribution in [0.15, 0.2) is 54.6 Å². The van der Waals surface area contributed by atoms with Crippen LogP contribution in [-0.2, 0) is 4.79 Å². The van der Waals surface area contributed by atoms with Gasteiger partial charge in [0.15, 0.2) is 12.4 Å². The molecule has 6 nitrogen and oxygen atoms in total. The van der Waals surface area contributed by atoms with E-state index < -0.39 is 0 Å². The molecule has 0 aromatic heterocycles. The highest BCUT2D eigenvalue weighted by atomic mass is 16.5. The number of piperazine rings is 1. The standard InChI is InChI=1S/C22H27N3O3/c1-18(26)19-6-5-9-21(16-19)28-17-22(27)23-10-11-24-12-14-25(15-13-24)20-7-3-2-4-8-20/h2-9,16H,10-15,17H2,1H3,(H,23,27). The first kappa shape index (κ1) is 19.9. The molecule has 0 atom stereocenters. The highest BCUT2D eigenvalue weighted by Gasteiger charge is 2.16. The summed E-state index contributed by atoms with van der Waals surface area (Å²) in [6.45, 7) is 6.84. The van der Waals surface area contributed by atoms with Crippen LogP contribution in [0.2, 0.25) is 0 Å². The van der Waals surface area contributed by atoms with Gasteiger partial charge >= 0.3 is 0 Å². The number of hydrogen-bond acceptors (Lipinski definition) is 5. The van der Waals surface area contributed by atoms with E-state index >= 15 is 0 Å². The van der Waals surface area contributed by atoms with Crippen LogP contribution >= 0.6 is 0 Å². The number of amides is 1. The predicted octanol–water partition coefficient (Wildman–Crippen LogP) is 2.21. The predicted molar refractivity (Wildman–Crippen MR) is 110 cm³/mol. The maximum Gasteiger partial charge on any atom is 0.257 e. The second-order valence-electron chi connectivity index (χ2n) is 6.89. The molecular formula is C22H27N3O3. The first-order chi connectivity index (χ1) is 13.6. The molecular weight excluding hydrogens is 354 g/mol. The topological polar surface area (TPSA) is 61.9 Å². The third-order valence-electron chi connectivity index (χ3n) is 4.85. The van der Waals surface area contributed by atoms with Gasteiger partial charge in [0.1, 0.15) is 5.75 Å².